The number of hydrogen-bond acceptors (Lipinski definition) is 4. The van der Waals surface area contributed by atoms with E-state index in [9.17, 15) is 0 Å². The zero-order valence-corrected chi connectivity index (χ0v) is 13.6. The van der Waals surface area contributed by atoms with Gasteiger partial charge in [0.15, 0.2) is 6.33 Å². The zero-order chi connectivity index (χ0) is 16.0. The van der Waals surface area contributed by atoms with Crippen LogP contribution >= 0.6 is 0 Å². The molecule has 0 saturated heterocycles. The Morgan fingerprint density at radius 1 is 1.00 bits per heavy atom. The van der Waals surface area contributed by atoms with E-state index in [2.05, 4.69) is 10.1 Å². The van der Waals surface area contributed by atoms with E-state index < -0.39 is 0 Å². The van der Waals surface area contributed by atoms with Crippen molar-refractivity contribution in [3.05, 3.63) is 36.2 Å². The Morgan fingerprint density at radius 2 is 1.59 bits per heavy atom. The van der Waals surface area contributed by atoms with Crippen LogP contribution in [0.15, 0.2) is 35.1 Å². The molecule has 0 radical (unpaired) electrons. The van der Waals surface area contributed by atoms with E-state index in [1.54, 1.807) is 18.2 Å². The molecule has 22 heavy (non-hydrogen) atoms. The van der Waals surface area contributed by atoms with Gasteiger partial charge in [-0.25, -0.2) is 0 Å². The maximum absolute atomic E-state index is 8.64. The lowest BCUT2D eigenvalue weighted by molar-refractivity contribution is 0.430. The first-order valence-corrected chi connectivity index (χ1v) is 8.17. The van der Waals surface area contributed by atoms with Crippen molar-refractivity contribution in [3.63, 3.8) is 0 Å². The molecule has 1 aromatic carbocycles. The fourth-order valence-electron chi connectivity index (χ4n) is 2.26. The molecule has 0 N–H and O–H groups in total. The molecule has 4 heteroatoms. The van der Waals surface area contributed by atoms with Crippen LogP contribution < -0.4 is 0 Å². The lowest BCUT2D eigenvalue weighted by atomic mass is 10.1. The highest BCUT2D eigenvalue weighted by Gasteiger charge is 2.03. The fourth-order valence-corrected chi connectivity index (χ4v) is 2.26. The predicted octanol–water partition coefficient (Wildman–Crippen LogP) is 5.37. The average Bonchev–Trinajstić information content (AvgIpc) is 2.97. The van der Waals surface area contributed by atoms with Gasteiger partial charge in [0.25, 0.3) is 5.89 Å². The first-order chi connectivity index (χ1) is 10.9. The molecule has 1 fully saturated rings. The quantitative estimate of drug-likeness (QED) is 0.664. The molecular weight excluding hydrogens is 274 g/mol. The summed E-state index contributed by atoms with van der Waals surface area (Å²) in [5.41, 5.74) is 1.34. The van der Waals surface area contributed by atoms with Gasteiger partial charge in [-0.15, -0.1) is 0 Å². The van der Waals surface area contributed by atoms with Gasteiger partial charge in [0, 0.05) is 5.56 Å². The predicted molar refractivity (Wildman–Crippen MR) is 88.1 cm³/mol. The molecule has 1 aromatic heterocycles. The SMILES string of the molecule is C1CCCCCC1.CC.N#Cc1cccc(-c2ncno2)c1. The molecule has 0 aliphatic heterocycles. The standard InChI is InChI=1S/C9H5N3O.C7H14.C2H6/c10-5-7-2-1-3-8(4-7)9-11-6-12-13-9;1-2-4-6-7-5-3-1;1-2/h1-4,6H;1-7H2;1-2H3. The Bertz CT molecular complexity index is 524. The van der Waals surface area contributed by atoms with Crippen molar-refractivity contribution >= 4 is 0 Å². The Hall–Kier alpha value is -2.15. The van der Waals surface area contributed by atoms with E-state index in [0.717, 1.165) is 5.56 Å². The highest BCUT2D eigenvalue weighted by atomic mass is 16.5. The van der Waals surface area contributed by atoms with Crippen molar-refractivity contribution < 1.29 is 4.52 Å². The molecule has 2 aromatic rings. The van der Waals surface area contributed by atoms with Gasteiger partial charge in [-0.3, -0.25) is 0 Å². The molecule has 0 spiro atoms. The van der Waals surface area contributed by atoms with Gasteiger partial charge in [0.05, 0.1) is 11.6 Å². The minimum Gasteiger partial charge on any atom is -0.334 e. The lowest BCUT2D eigenvalue weighted by Gasteiger charge is -1.92. The van der Waals surface area contributed by atoms with Crippen LogP contribution in [0.1, 0.15) is 64.4 Å². The van der Waals surface area contributed by atoms with Crippen molar-refractivity contribution in [2.45, 2.75) is 58.8 Å². The summed E-state index contributed by atoms with van der Waals surface area (Å²) >= 11 is 0. The number of hydrogen-bond donors (Lipinski definition) is 0. The lowest BCUT2D eigenvalue weighted by Crippen LogP contribution is -1.78. The third-order valence-corrected chi connectivity index (χ3v) is 3.35. The molecular formula is C18H25N3O. The first kappa shape index (κ1) is 17.9. The van der Waals surface area contributed by atoms with E-state index in [-0.39, 0.29) is 0 Å². The number of rotatable bonds is 1. The molecule has 1 saturated carbocycles. The minimum atomic E-state index is 0.428. The van der Waals surface area contributed by atoms with Gasteiger partial charge in [-0.2, -0.15) is 10.2 Å². The Labute approximate surface area is 133 Å². The van der Waals surface area contributed by atoms with E-state index in [4.69, 9.17) is 9.78 Å². The van der Waals surface area contributed by atoms with Gasteiger partial charge in [0.1, 0.15) is 0 Å². The summed E-state index contributed by atoms with van der Waals surface area (Å²) in [5.74, 6) is 0.428. The van der Waals surface area contributed by atoms with Crippen LogP contribution in [0.4, 0.5) is 0 Å². The second kappa shape index (κ2) is 11.5. The molecule has 3 rings (SSSR count). The molecule has 0 unspecified atom stereocenters. The largest absolute Gasteiger partial charge is 0.334 e. The first-order valence-electron chi connectivity index (χ1n) is 8.17. The van der Waals surface area contributed by atoms with Crippen LogP contribution in [-0.2, 0) is 0 Å². The van der Waals surface area contributed by atoms with E-state index >= 15 is 0 Å². The Kier molecular flexibility index (Phi) is 9.36. The highest BCUT2D eigenvalue weighted by Crippen LogP contribution is 2.16. The zero-order valence-electron chi connectivity index (χ0n) is 13.6. The van der Waals surface area contributed by atoms with E-state index in [1.807, 2.05) is 26.0 Å². The molecule has 1 aliphatic carbocycles. The van der Waals surface area contributed by atoms with Crippen LogP contribution in [0.2, 0.25) is 0 Å². The van der Waals surface area contributed by atoms with Crippen LogP contribution in [-0.4, -0.2) is 10.1 Å². The highest BCUT2D eigenvalue weighted by molar-refractivity contribution is 5.55. The number of nitriles is 1. The summed E-state index contributed by atoms with van der Waals surface area (Å²) < 4.78 is 4.85. The maximum atomic E-state index is 8.64. The average molecular weight is 299 g/mol. The molecule has 118 valence electrons. The molecule has 4 nitrogen and oxygen atoms in total. The van der Waals surface area contributed by atoms with Gasteiger partial charge in [-0.05, 0) is 18.2 Å². The van der Waals surface area contributed by atoms with Crippen LogP contribution in [0.25, 0.3) is 11.5 Å². The van der Waals surface area contributed by atoms with Crippen molar-refractivity contribution in [2.24, 2.45) is 0 Å². The van der Waals surface area contributed by atoms with Gasteiger partial charge in [0.2, 0.25) is 0 Å². The summed E-state index contributed by atoms with van der Waals surface area (Å²) in [4.78, 5) is 3.87. The topological polar surface area (TPSA) is 62.7 Å². The molecule has 0 bridgehead atoms. The number of benzene rings is 1. The van der Waals surface area contributed by atoms with Crippen LogP contribution in [0.5, 0.6) is 0 Å². The third kappa shape index (κ3) is 6.53. The van der Waals surface area contributed by atoms with Crippen molar-refractivity contribution in [2.75, 3.05) is 0 Å². The summed E-state index contributed by atoms with van der Waals surface area (Å²) in [6.45, 7) is 4.00. The van der Waals surface area contributed by atoms with Gasteiger partial charge >= 0.3 is 0 Å². The molecule has 1 heterocycles. The molecule has 1 aliphatic rings. The van der Waals surface area contributed by atoms with Gasteiger partial charge in [-0.1, -0.05) is 70.0 Å². The molecule has 0 amide bonds. The van der Waals surface area contributed by atoms with Crippen LogP contribution in [0, 0.1) is 11.3 Å². The molecule has 0 atom stereocenters. The minimum absolute atomic E-state index is 0.428. The Balaban J connectivity index is 0.000000228. The third-order valence-electron chi connectivity index (χ3n) is 3.35. The van der Waals surface area contributed by atoms with E-state index in [0.29, 0.717) is 11.5 Å². The summed E-state index contributed by atoms with van der Waals surface area (Å²) in [7, 11) is 0. The number of aromatic nitrogens is 2. The van der Waals surface area contributed by atoms with Crippen molar-refractivity contribution in [1.29, 1.82) is 5.26 Å². The van der Waals surface area contributed by atoms with E-state index in [1.165, 1.54) is 51.3 Å². The van der Waals surface area contributed by atoms with Crippen molar-refractivity contribution in [3.8, 4) is 17.5 Å². The summed E-state index contributed by atoms with van der Waals surface area (Å²) in [5, 5.41) is 12.1. The van der Waals surface area contributed by atoms with Gasteiger partial charge < -0.3 is 4.52 Å². The summed E-state index contributed by atoms with van der Waals surface area (Å²) in [6.07, 6.45) is 11.8. The van der Waals surface area contributed by atoms with Crippen molar-refractivity contribution in [1.82, 2.24) is 10.1 Å². The second-order valence-corrected chi connectivity index (χ2v) is 4.91. The fraction of sp³-hybridized carbons (Fsp3) is 0.500. The Morgan fingerprint density at radius 3 is 2.05 bits per heavy atom. The maximum Gasteiger partial charge on any atom is 0.257 e. The second-order valence-electron chi connectivity index (χ2n) is 4.91. The smallest absolute Gasteiger partial charge is 0.257 e. The summed E-state index contributed by atoms with van der Waals surface area (Å²) in [6, 6.07) is 9.05. The van der Waals surface area contributed by atoms with Crippen LogP contribution in [0.3, 0.4) is 0 Å². The normalized spacial score (nSPS) is 13.5. The monoisotopic (exact) mass is 299 g/mol. The number of nitrogens with zero attached hydrogens (tertiary/aromatic N) is 3.